The van der Waals surface area contributed by atoms with E-state index >= 15 is 0 Å². The summed E-state index contributed by atoms with van der Waals surface area (Å²) in [5.74, 6) is 1.73. The highest BCUT2D eigenvalue weighted by Crippen LogP contribution is 2.53. The van der Waals surface area contributed by atoms with Crippen molar-refractivity contribution in [2.24, 2.45) is 0 Å². The van der Waals surface area contributed by atoms with Gasteiger partial charge in [-0.3, -0.25) is 0 Å². The van der Waals surface area contributed by atoms with Crippen LogP contribution in [0.25, 0.3) is 0 Å². The van der Waals surface area contributed by atoms with Gasteiger partial charge in [0.25, 0.3) is 8.38 Å². The van der Waals surface area contributed by atoms with Crippen LogP contribution < -0.4 is 9.05 Å². The average Bonchev–Trinajstić information content (AvgIpc) is 2.51. The number of benzene rings is 2. The standard InChI is InChI=1S/C19H25O2P.BrH/c1-6-19(4,5)22(20-17-11-7-15(2)8-12-17)21-18-13-9-16(3)10-14-18;/h7-14H,6H2,1-5H3;1H. The molecule has 0 heterocycles. The lowest BCUT2D eigenvalue weighted by molar-refractivity contribution is 0.441. The molecule has 0 aliphatic heterocycles. The first-order chi connectivity index (χ1) is 10.4. The van der Waals surface area contributed by atoms with Gasteiger partial charge in [-0.2, -0.15) is 0 Å². The highest BCUT2D eigenvalue weighted by Gasteiger charge is 2.34. The summed E-state index contributed by atoms with van der Waals surface area (Å²) in [5.41, 5.74) is 2.46. The van der Waals surface area contributed by atoms with Crippen LogP contribution in [0.3, 0.4) is 0 Å². The first-order valence-corrected chi connectivity index (χ1v) is 8.88. The summed E-state index contributed by atoms with van der Waals surface area (Å²) < 4.78 is 12.4. The summed E-state index contributed by atoms with van der Waals surface area (Å²) in [4.78, 5) is 0. The van der Waals surface area contributed by atoms with Gasteiger partial charge in [0.1, 0.15) is 11.5 Å². The van der Waals surface area contributed by atoms with Crippen LogP contribution >= 0.6 is 25.4 Å². The Hall–Kier alpha value is -1.05. The molecule has 0 aromatic heterocycles. The Morgan fingerprint density at radius 2 is 1.13 bits per heavy atom. The molecule has 2 aromatic rings. The number of aryl methyl sites for hydroxylation is 2. The van der Waals surface area contributed by atoms with Gasteiger partial charge < -0.3 is 9.05 Å². The van der Waals surface area contributed by atoms with Crippen molar-refractivity contribution in [3.05, 3.63) is 59.7 Å². The highest BCUT2D eigenvalue weighted by molar-refractivity contribution is 8.93. The minimum absolute atomic E-state index is 0. The van der Waals surface area contributed by atoms with Gasteiger partial charge >= 0.3 is 0 Å². The van der Waals surface area contributed by atoms with E-state index in [4.69, 9.17) is 9.05 Å². The van der Waals surface area contributed by atoms with Crippen molar-refractivity contribution < 1.29 is 9.05 Å². The molecular formula is C19H26BrO2P. The largest absolute Gasteiger partial charge is 0.438 e. The van der Waals surface area contributed by atoms with E-state index in [-0.39, 0.29) is 22.1 Å². The third-order valence-electron chi connectivity index (χ3n) is 3.78. The van der Waals surface area contributed by atoms with Crippen molar-refractivity contribution in [2.45, 2.75) is 46.2 Å². The molecule has 0 saturated carbocycles. The predicted molar refractivity (Wildman–Crippen MR) is 105 cm³/mol. The fraction of sp³-hybridized carbons (Fsp3) is 0.368. The van der Waals surface area contributed by atoms with Crippen molar-refractivity contribution in [3.8, 4) is 11.5 Å². The van der Waals surface area contributed by atoms with Crippen LogP contribution in [0, 0.1) is 13.8 Å². The molecule has 23 heavy (non-hydrogen) atoms. The zero-order chi connectivity index (χ0) is 16.2. The Balaban J connectivity index is 0.00000264. The van der Waals surface area contributed by atoms with Crippen molar-refractivity contribution in [3.63, 3.8) is 0 Å². The van der Waals surface area contributed by atoms with Crippen molar-refractivity contribution in [1.82, 2.24) is 0 Å². The molecule has 2 aromatic carbocycles. The third-order valence-corrected chi connectivity index (χ3v) is 5.84. The van der Waals surface area contributed by atoms with E-state index in [1.807, 2.05) is 24.3 Å². The van der Waals surface area contributed by atoms with Gasteiger partial charge in [0.05, 0.1) is 5.16 Å². The maximum absolute atomic E-state index is 6.20. The monoisotopic (exact) mass is 396 g/mol. The average molecular weight is 397 g/mol. The van der Waals surface area contributed by atoms with Gasteiger partial charge in [-0.05, 0) is 58.4 Å². The molecule has 0 unspecified atom stereocenters. The minimum atomic E-state index is -1.08. The minimum Gasteiger partial charge on any atom is -0.438 e. The molecule has 0 spiro atoms. The van der Waals surface area contributed by atoms with E-state index in [2.05, 4.69) is 58.9 Å². The van der Waals surface area contributed by atoms with Gasteiger partial charge in [0.2, 0.25) is 0 Å². The second kappa shape index (κ2) is 8.70. The maximum Gasteiger partial charge on any atom is 0.296 e. The van der Waals surface area contributed by atoms with Crippen molar-refractivity contribution in [2.75, 3.05) is 0 Å². The van der Waals surface area contributed by atoms with Crippen molar-refractivity contribution >= 4 is 25.4 Å². The molecule has 0 amide bonds. The molecule has 0 aliphatic carbocycles. The second-order valence-electron chi connectivity index (χ2n) is 6.23. The summed E-state index contributed by atoms with van der Waals surface area (Å²) >= 11 is 0. The molecule has 0 radical (unpaired) electrons. The molecule has 0 saturated heterocycles. The van der Waals surface area contributed by atoms with E-state index < -0.39 is 8.38 Å². The molecule has 4 heteroatoms. The lowest BCUT2D eigenvalue weighted by atomic mass is 10.1. The van der Waals surface area contributed by atoms with Crippen LogP contribution in [0.15, 0.2) is 48.5 Å². The summed E-state index contributed by atoms with van der Waals surface area (Å²) in [5, 5.41) is -0.0227. The lowest BCUT2D eigenvalue weighted by Crippen LogP contribution is -2.21. The van der Waals surface area contributed by atoms with Gasteiger partial charge in [-0.25, -0.2) is 0 Å². The molecule has 2 rings (SSSR count). The normalized spacial score (nSPS) is 11.0. The molecule has 0 bridgehead atoms. The second-order valence-corrected chi connectivity index (χ2v) is 8.32. The topological polar surface area (TPSA) is 18.5 Å². The van der Waals surface area contributed by atoms with Crippen LogP contribution in [0.4, 0.5) is 0 Å². The zero-order valence-electron chi connectivity index (χ0n) is 14.5. The van der Waals surface area contributed by atoms with Gasteiger partial charge in [0, 0.05) is 0 Å². The van der Waals surface area contributed by atoms with Crippen LogP contribution in [0.1, 0.15) is 38.3 Å². The Morgan fingerprint density at radius 3 is 1.43 bits per heavy atom. The van der Waals surface area contributed by atoms with Crippen LogP contribution in [0.5, 0.6) is 11.5 Å². The van der Waals surface area contributed by atoms with E-state index in [9.17, 15) is 0 Å². The van der Waals surface area contributed by atoms with Gasteiger partial charge in [-0.1, -0.05) is 42.3 Å². The third kappa shape index (κ3) is 5.82. The molecular weight excluding hydrogens is 371 g/mol. The molecule has 0 N–H and O–H groups in total. The van der Waals surface area contributed by atoms with E-state index in [0.717, 1.165) is 17.9 Å². The fourth-order valence-corrected chi connectivity index (χ4v) is 3.20. The quantitative estimate of drug-likeness (QED) is 0.497. The molecule has 2 nitrogen and oxygen atoms in total. The van der Waals surface area contributed by atoms with Crippen LogP contribution in [0.2, 0.25) is 0 Å². The SMILES string of the molecule is Br.CCC(C)(C)P(Oc1ccc(C)cc1)Oc1ccc(C)cc1. The van der Waals surface area contributed by atoms with E-state index in [0.29, 0.717) is 0 Å². The Labute approximate surface area is 151 Å². The number of halogens is 1. The lowest BCUT2D eigenvalue weighted by Gasteiger charge is -2.31. The molecule has 0 atom stereocenters. The van der Waals surface area contributed by atoms with E-state index in [1.54, 1.807) is 0 Å². The Bertz CT molecular complexity index is 546. The Kier molecular flexibility index (Phi) is 7.57. The Morgan fingerprint density at radius 1 is 0.783 bits per heavy atom. The molecule has 0 fully saturated rings. The van der Waals surface area contributed by atoms with Crippen LogP contribution in [-0.2, 0) is 0 Å². The summed E-state index contributed by atoms with van der Waals surface area (Å²) in [7, 11) is -1.08. The number of hydrogen-bond acceptors (Lipinski definition) is 2. The number of hydrogen-bond donors (Lipinski definition) is 0. The van der Waals surface area contributed by atoms with E-state index in [1.165, 1.54) is 11.1 Å². The van der Waals surface area contributed by atoms with Gasteiger partial charge in [-0.15, -0.1) is 17.0 Å². The molecule has 0 aliphatic rings. The van der Waals surface area contributed by atoms with Gasteiger partial charge in [0.15, 0.2) is 0 Å². The van der Waals surface area contributed by atoms with Crippen molar-refractivity contribution in [1.29, 1.82) is 0 Å². The number of rotatable bonds is 6. The zero-order valence-corrected chi connectivity index (χ0v) is 17.1. The smallest absolute Gasteiger partial charge is 0.296 e. The fourth-order valence-electron chi connectivity index (χ4n) is 1.78. The summed E-state index contributed by atoms with van der Waals surface area (Å²) in [6, 6.07) is 16.3. The summed E-state index contributed by atoms with van der Waals surface area (Å²) in [6.45, 7) is 10.7. The predicted octanol–water partition coefficient (Wildman–Crippen LogP) is 6.84. The van der Waals surface area contributed by atoms with Crippen LogP contribution in [-0.4, -0.2) is 5.16 Å². The highest BCUT2D eigenvalue weighted by atomic mass is 79.9. The molecule has 126 valence electrons. The first kappa shape index (κ1) is 20.0. The first-order valence-electron chi connectivity index (χ1n) is 7.70. The maximum atomic E-state index is 6.20. The summed E-state index contributed by atoms with van der Waals surface area (Å²) in [6.07, 6.45) is 0.996.